The zero-order chi connectivity index (χ0) is 16.2. The summed E-state index contributed by atoms with van der Waals surface area (Å²) in [4.78, 5) is 0. The summed E-state index contributed by atoms with van der Waals surface area (Å²) >= 11 is 0. The highest BCUT2D eigenvalue weighted by Crippen LogP contribution is 2.18. The predicted molar refractivity (Wildman–Crippen MR) is 85.6 cm³/mol. The van der Waals surface area contributed by atoms with Crippen molar-refractivity contribution in [2.45, 2.75) is 95.7 Å². The Hall–Kier alpha value is -0.200. The van der Waals surface area contributed by atoms with Gasteiger partial charge in [0.05, 0.1) is 6.61 Å². The molecule has 1 unspecified atom stereocenters. The van der Waals surface area contributed by atoms with E-state index < -0.39 is 24.6 Å². The summed E-state index contributed by atoms with van der Waals surface area (Å²) in [6, 6.07) is 0. The maximum Gasteiger partial charge on any atom is 0.183 e. The van der Waals surface area contributed by atoms with Crippen LogP contribution < -0.4 is 0 Å². The molecule has 1 aliphatic heterocycles. The Kier molecular flexibility index (Phi) is 11.1. The maximum atomic E-state index is 9.71. The fourth-order valence-corrected chi connectivity index (χ4v) is 2.80. The molecule has 0 amide bonds. The Bertz CT molecular complexity index is 261. The van der Waals surface area contributed by atoms with E-state index in [0.29, 0.717) is 6.61 Å². The molecule has 0 aromatic rings. The Labute approximate surface area is 134 Å². The van der Waals surface area contributed by atoms with Crippen LogP contribution in [0.15, 0.2) is 0 Å². The molecule has 0 aromatic heterocycles. The van der Waals surface area contributed by atoms with Gasteiger partial charge in [-0.25, -0.2) is 0 Å². The van der Waals surface area contributed by atoms with Crippen molar-refractivity contribution in [2.75, 3.05) is 13.2 Å². The molecule has 0 aliphatic carbocycles. The minimum Gasteiger partial charge on any atom is -0.388 e. The lowest BCUT2D eigenvalue weighted by Gasteiger charge is -2.35. The lowest BCUT2D eigenvalue weighted by molar-refractivity contribution is -0.262. The average Bonchev–Trinajstić information content (AvgIpc) is 2.51. The van der Waals surface area contributed by atoms with Gasteiger partial charge in [0.1, 0.15) is 18.3 Å². The van der Waals surface area contributed by atoms with E-state index in [4.69, 9.17) is 9.47 Å². The Morgan fingerprint density at radius 2 is 1.41 bits per heavy atom. The van der Waals surface area contributed by atoms with Crippen molar-refractivity contribution in [2.24, 2.45) is 0 Å². The van der Waals surface area contributed by atoms with Gasteiger partial charge in [0.25, 0.3) is 0 Å². The van der Waals surface area contributed by atoms with Crippen LogP contribution in [-0.2, 0) is 9.47 Å². The second-order valence-corrected chi connectivity index (χ2v) is 6.30. The van der Waals surface area contributed by atoms with E-state index in [1.54, 1.807) is 0 Å². The predicted octanol–water partition coefficient (Wildman–Crippen LogP) is 2.36. The first-order valence-corrected chi connectivity index (χ1v) is 8.94. The molecular formula is C17H34O5. The number of hydrogen-bond acceptors (Lipinski definition) is 5. The van der Waals surface area contributed by atoms with Crippen LogP contribution in [0.25, 0.3) is 0 Å². The molecule has 1 saturated heterocycles. The summed E-state index contributed by atoms with van der Waals surface area (Å²) < 4.78 is 10.3. The number of rotatable bonds is 12. The Morgan fingerprint density at radius 1 is 0.864 bits per heavy atom. The largest absolute Gasteiger partial charge is 0.388 e. The fourth-order valence-electron chi connectivity index (χ4n) is 2.80. The van der Waals surface area contributed by atoms with E-state index >= 15 is 0 Å². The van der Waals surface area contributed by atoms with Crippen LogP contribution in [0.3, 0.4) is 0 Å². The van der Waals surface area contributed by atoms with Crippen molar-refractivity contribution in [1.29, 1.82) is 0 Å². The van der Waals surface area contributed by atoms with Crippen LogP contribution >= 0.6 is 0 Å². The SMILES string of the molecule is CCCCCCCCCCCCO[C@H]1[C@H](O)COC(O)[C@@H]1O. The van der Waals surface area contributed by atoms with Crippen molar-refractivity contribution in [1.82, 2.24) is 0 Å². The molecule has 0 bridgehead atoms. The van der Waals surface area contributed by atoms with Gasteiger partial charge in [0, 0.05) is 6.61 Å². The van der Waals surface area contributed by atoms with E-state index in [9.17, 15) is 15.3 Å². The lowest BCUT2D eigenvalue weighted by atomic mass is 10.0. The van der Waals surface area contributed by atoms with Gasteiger partial charge in [-0.2, -0.15) is 0 Å². The van der Waals surface area contributed by atoms with Crippen molar-refractivity contribution in [3.05, 3.63) is 0 Å². The number of aliphatic hydroxyl groups excluding tert-OH is 3. The van der Waals surface area contributed by atoms with Gasteiger partial charge in [0.15, 0.2) is 6.29 Å². The molecule has 0 aromatic carbocycles. The van der Waals surface area contributed by atoms with Gasteiger partial charge < -0.3 is 24.8 Å². The standard InChI is InChI=1S/C17H34O5/c1-2-3-4-5-6-7-8-9-10-11-12-21-16-14(18)13-22-17(20)15(16)19/h14-20H,2-13H2,1H3/t14-,15-,16+,17?/m1/s1. The smallest absolute Gasteiger partial charge is 0.183 e. The number of aliphatic hydroxyl groups is 3. The first-order valence-electron chi connectivity index (χ1n) is 8.94. The summed E-state index contributed by atoms with van der Waals surface area (Å²) in [5.41, 5.74) is 0. The van der Waals surface area contributed by atoms with Crippen LogP contribution in [0.5, 0.6) is 0 Å². The average molecular weight is 318 g/mol. The van der Waals surface area contributed by atoms with E-state index in [2.05, 4.69) is 6.92 Å². The topological polar surface area (TPSA) is 79.2 Å². The van der Waals surface area contributed by atoms with E-state index in [0.717, 1.165) is 12.8 Å². The van der Waals surface area contributed by atoms with Crippen LogP contribution in [0, 0.1) is 0 Å². The second kappa shape index (κ2) is 12.3. The molecule has 3 N–H and O–H groups in total. The molecule has 5 nitrogen and oxygen atoms in total. The van der Waals surface area contributed by atoms with E-state index in [1.807, 2.05) is 0 Å². The van der Waals surface area contributed by atoms with Crippen molar-refractivity contribution < 1.29 is 24.8 Å². The van der Waals surface area contributed by atoms with Crippen molar-refractivity contribution in [3.8, 4) is 0 Å². The van der Waals surface area contributed by atoms with Gasteiger partial charge in [-0.3, -0.25) is 0 Å². The minimum absolute atomic E-state index is 0.000917. The first-order chi connectivity index (χ1) is 10.7. The monoisotopic (exact) mass is 318 g/mol. The molecule has 1 rings (SSSR count). The third kappa shape index (κ3) is 7.88. The molecule has 0 radical (unpaired) electrons. The highest BCUT2D eigenvalue weighted by Gasteiger charge is 2.38. The highest BCUT2D eigenvalue weighted by molar-refractivity contribution is 4.83. The molecule has 0 spiro atoms. The molecule has 0 saturated carbocycles. The van der Waals surface area contributed by atoms with Crippen LogP contribution in [-0.4, -0.2) is 53.1 Å². The van der Waals surface area contributed by atoms with Crippen LogP contribution in [0.1, 0.15) is 71.1 Å². The summed E-state index contributed by atoms with van der Waals surface area (Å²) in [6.45, 7) is 2.74. The number of ether oxygens (including phenoxy) is 2. The van der Waals surface area contributed by atoms with Gasteiger partial charge in [-0.05, 0) is 6.42 Å². The molecule has 4 atom stereocenters. The van der Waals surface area contributed by atoms with Crippen molar-refractivity contribution >= 4 is 0 Å². The second-order valence-electron chi connectivity index (χ2n) is 6.30. The zero-order valence-electron chi connectivity index (χ0n) is 14.0. The quantitative estimate of drug-likeness (QED) is 0.481. The molecule has 132 valence electrons. The van der Waals surface area contributed by atoms with Crippen LogP contribution in [0.2, 0.25) is 0 Å². The Morgan fingerprint density at radius 3 is 2.00 bits per heavy atom. The molecule has 5 heteroatoms. The van der Waals surface area contributed by atoms with Gasteiger partial charge >= 0.3 is 0 Å². The summed E-state index contributed by atoms with van der Waals surface area (Å²) in [6.07, 6.45) is 8.48. The maximum absolute atomic E-state index is 9.71. The number of hydrogen-bond donors (Lipinski definition) is 3. The van der Waals surface area contributed by atoms with Crippen LogP contribution in [0.4, 0.5) is 0 Å². The Balaban J connectivity index is 1.92. The molecular weight excluding hydrogens is 284 g/mol. The molecule has 1 fully saturated rings. The van der Waals surface area contributed by atoms with Crippen molar-refractivity contribution in [3.63, 3.8) is 0 Å². The third-order valence-electron chi connectivity index (χ3n) is 4.25. The minimum atomic E-state index is -1.26. The third-order valence-corrected chi connectivity index (χ3v) is 4.25. The normalized spacial score (nSPS) is 28.9. The van der Waals surface area contributed by atoms with Gasteiger partial charge in [-0.15, -0.1) is 0 Å². The molecule has 22 heavy (non-hydrogen) atoms. The van der Waals surface area contributed by atoms with Gasteiger partial charge in [-0.1, -0.05) is 64.7 Å². The summed E-state index contributed by atoms with van der Waals surface area (Å²) in [5.74, 6) is 0. The summed E-state index contributed by atoms with van der Waals surface area (Å²) in [5, 5.41) is 28.8. The number of unbranched alkanes of at least 4 members (excludes halogenated alkanes) is 9. The van der Waals surface area contributed by atoms with E-state index in [1.165, 1.54) is 51.4 Å². The summed E-state index contributed by atoms with van der Waals surface area (Å²) in [7, 11) is 0. The molecule has 1 aliphatic rings. The molecule has 1 heterocycles. The highest BCUT2D eigenvalue weighted by atomic mass is 16.6. The lowest BCUT2D eigenvalue weighted by Crippen LogP contribution is -2.54. The fraction of sp³-hybridized carbons (Fsp3) is 1.00. The zero-order valence-corrected chi connectivity index (χ0v) is 14.0. The first kappa shape index (κ1) is 19.8. The van der Waals surface area contributed by atoms with E-state index in [-0.39, 0.29) is 6.61 Å². The van der Waals surface area contributed by atoms with Gasteiger partial charge in [0.2, 0.25) is 0 Å².